The Morgan fingerprint density at radius 3 is 2.21 bits per heavy atom. The predicted octanol–water partition coefficient (Wildman–Crippen LogP) is 6.56. The normalized spacial score (nSPS) is 11.8. The van der Waals surface area contributed by atoms with Crippen LogP contribution in [-0.4, -0.2) is 13.1 Å². The SMILES string of the molecule is CCCCN(CCCC)c1ccc(/C=C/C=C/C=c2\sc3ccccc3c2=C(C#N)C#N)cc1. The van der Waals surface area contributed by atoms with Gasteiger partial charge in [-0.05, 0) is 42.7 Å². The van der Waals surface area contributed by atoms with Gasteiger partial charge in [0.25, 0.3) is 0 Å². The summed E-state index contributed by atoms with van der Waals surface area (Å²) in [6, 6.07) is 20.7. The van der Waals surface area contributed by atoms with Crippen molar-refractivity contribution in [3.63, 3.8) is 0 Å². The molecule has 1 aromatic heterocycles. The minimum absolute atomic E-state index is 0.152. The molecule has 0 bridgehead atoms. The topological polar surface area (TPSA) is 50.8 Å². The van der Waals surface area contributed by atoms with Gasteiger partial charge in [0.15, 0.2) is 0 Å². The molecule has 0 N–H and O–H groups in total. The number of fused-ring (bicyclic) bond motifs is 1. The molecule has 0 saturated carbocycles. The molecule has 0 aliphatic heterocycles. The van der Waals surface area contributed by atoms with Gasteiger partial charge in [-0.25, -0.2) is 0 Å². The first-order valence-corrected chi connectivity index (χ1v) is 12.8. The first kappa shape index (κ1) is 25.0. The van der Waals surface area contributed by atoms with Crippen LogP contribution in [0.15, 0.2) is 66.8 Å². The summed E-state index contributed by atoms with van der Waals surface area (Å²) in [6.45, 7) is 6.70. The molecule has 172 valence electrons. The van der Waals surface area contributed by atoms with Crippen molar-refractivity contribution in [1.82, 2.24) is 0 Å². The van der Waals surface area contributed by atoms with Crippen LogP contribution in [0.4, 0.5) is 5.69 Å². The van der Waals surface area contributed by atoms with Gasteiger partial charge in [0.2, 0.25) is 0 Å². The van der Waals surface area contributed by atoms with Crippen molar-refractivity contribution in [2.24, 2.45) is 0 Å². The first-order chi connectivity index (χ1) is 16.7. The maximum Gasteiger partial charge on any atom is 0.138 e. The summed E-state index contributed by atoms with van der Waals surface area (Å²) < 4.78 is 2.00. The van der Waals surface area contributed by atoms with E-state index in [0.717, 1.165) is 38.5 Å². The van der Waals surface area contributed by atoms with Crippen LogP contribution < -0.4 is 14.7 Å². The van der Waals surface area contributed by atoms with Crippen molar-refractivity contribution in [2.75, 3.05) is 18.0 Å². The summed E-state index contributed by atoms with van der Waals surface area (Å²) in [7, 11) is 0. The van der Waals surface area contributed by atoms with Crippen LogP contribution in [0.25, 0.3) is 27.8 Å². The third-order valence-electron chi connectivity index (χ3n) is 5.68. The third kappa shape index (κ3) is 6.47. The quantitative estimate of drug-likeness (QED) is 0.319. The van der Waals surface area contributed by atoms with Gasteiger partial charge in [0, 0.05) is 38.6 Å². The minimum Gasteiger partial charge on any atom is -0.372 e. The molecular formula is C30H31N3S. The number of nitrogens with zero attached hydrogens (tertiary/aromatic N) is 3. The molecule has 0 spiro atoms. The van der Waals surface area contributed by atoms with Gasteiger partial charge in [-0.2, -0.15) is 10.5 Å². The van der Waals surface area contributed by atoms with E-state index >= 15 is 0 Å². The monoisotopic (exact) mass is 465 g/mol. The Kier molecular flexibility index (Phi) is 9.71. The smallest absolute Gasteiger partial charge is 0.138 e. The maximum atomic E-state index is 9.41. The fraction of sp³-hybridized carbons (Fsp3) is 0.267. The second kappa shape index (κ2) is 13.2. The minimum atomic E-state index is 0.152. The second-order valence-electron chi connectivity index (χ2n) is 8.13. The Balaban J connectivity index is 1.77. The summed E-state index contributed by atoms with van der Waals surface area (Å²) in [6.07, 6.45) is 14.9. The van der Waals surface area contributed by atoms with Crippen molar-refractivity contribution in [1.29, 1.82) is 10.5 Å². The lowest BCUT2D eigenvalue weighted by molar-refractivity contribution is 0.678. The van der Waals surface area contributed by atoms with Crippen LogP contribution in [-0.2, 0) is 0 Å². The summed E-state index contributed by atoms with van der Waals surface area (Å²) in [5.74, 6) is 0. The van der Waals surface area contributed by atoms with E-state index < -0.39 is 0 Å². The number of hydrogen-bond donors (Lipinski definition) is 0. The number of benzene rings is 2. The predicted molar refractivity (Wildman–Crippen MR) is 147 cm³/mol. The fourth-order valence-electron chi connectivity index (χ4n) is 3.81. The van der Waals surface area contributed by atoms with Crippen LogP contribution >= 0.6 is 11.3 Å². The average molecular weight is 466 g/mol. The van der Waals surface area contributed by atoms with E-state index in [0.29, 0.717) is 0 Å². The van der Waals surface area contributed by atoms with Gasteiger partial charge < -0.3 is 4.90 Å². The number of unbranched alkanes of at least 4 members (excludes halogenated alkanes) is 2. The molecule has 0 aliphatic carbocycles. The van der Waals surface area contributed by atoms with Crippen LogP contribution in [0.1, 0.15) is 45.1 Å². The highest BCUT2D eigenvalue weighted by Gasteiger charge is 2.06. The van der Waals surface area contributed by atoms with Crippen molar-refractivity contribution < 1.29 is 0 Å². The molecule has 0 saturated heterocycles. The van der Waals surface area contributed by atoms with E-state index in [4.69, 9.17) is 0 Å². The highest BCUT2D eigenvalue weighted by Crippen LogP contribution is 2.18. The Labute approximate surface area is 206 Å². The molecule has 0 aliphatic rings. The summed E-state index contributed by atoms with van der Waals surface area (Å²) >= 11 is 1.59. The number of allylic oxidation sites excluding steroid dienone is 3. The molecule has 2 aromatic carbocycles. The van der Waals surface area contributed by atoms with E-state index in [2.05, 4.69) is 49.1 Å². The largest absolute Gasteiger partial charge is 0.372 e. The average Bonchev–Trinajstić information content (AvgIpc) is 3.23. The maximum absolute atomic E-state index is 9.41. The molecule has 3 nitrogen and oxygen atoms in total. The van der Waals surface area contributed by atoms with Crippen molar-refractivity contribution in [3.8, 4) is 12.1 Å². The highest BCUT2D eigenvalue weighted by molar-refractivity contribution is 7.17. The molecule has 0 fully saturated rings. The number of anilines is 1. The van der Waals surface area contributed by atoms with Crippen LogP contribution in [0.5, 0.6) is 0 Å². The molecule has 4 heteroatoms. The Hall–Kier alpha value is -3.60. The van der Waals surface area contributed by atoms with Crippen LogP contribution in [0, 0.1) is 22.7 Å². The fourth-order valence-corrected chi connectivity index (χ4v) is 4.94. The highest BCUT2D eigenvalue weighted by atomic mass is 32.1. The molecule has 3 rings (SSSR count). The number of thiophene rings is 1. The van der Waals surface area contributed by atoms with E-state index in [9.17, 15) is 10.5 Å². The number of rotatable bonds is 10. The summed E-state index contributed by atoms with van der Waals surface area (Å²) in [5, 5.41) is 20.5. The zero-order valence-electron chi connectivity index (χ0n) is 20.0. The Morgan fingerprint density at radius 2 is 1.56 bits per heavy atom. The van der Waals surface area contributed by atoms with E-state index in [1.807, 2.05) is 60.7 Å². The van der Waals surface area contributed by atoms with E-state index in [-0.39, 0.29) is 5.57 Å². The van der Waals surface area contributed by atoms with Crippen LogP contribution in [0.3, 0.4) is 0 Å². The van der Waals surface area contributed by atoms with Gasteiger partial charge in [-0.15, -0.1) is 11.3 Å². The number of nitriles is 2. The molecule has 34 heavy (non-hydrogen) atoms. The van der Waals surface area contributed by atoms with Gasteiger partial charge in [-0.1, -0.05) is 81.3 Å². The van der Waals surface area contributed by atoms with Crippen molar-refractivity contribution >= 4 is 44.8 Å². The number of hydrogen-bond acceptors (Lipinski definition) is 4. The van der Waals surface area contributed by atoms with Gasteiger partial charge in [0.05, 0.1) is 0 Å². The molecule has 3 aromatic rings. The standard InChI is InChI=1S/C30H31N3S/c1-3-5-20-33(21-6-4-2)26-18-16-24(17-19-26)12-8-7-9-15-29-30(25(22-31)23-32)27-13-10-11-14-28(27)34-29/h7-19H,3-6,20-21H2,1-2H3/b9-7+,12-8+,29-15-. The van der Waals surface area contributed by atoms with E-state index in [1.165, 1.54) is 31.4 Å². The van der Waals surface area contributed by atoms with E-state index in [1.54, 1.807) is 11.3 Å². The van der Waals surface area contributed by atoms with Gasteiger partial charge in [0.1, 0.15) is 17.7 Å². The zero-order chi connectivity index (χ0) is 24.2. The van der Waals surface area contributed by atoms with Crippen LogP contribution in [0.2, 0.25) is 0 Å². The third-order valence-corrected chi connectivity index (χ3v) is 6.81. The zero-order valence-corrected chi connectivity index (χ0v) is 20.8. The van der Waals surface area contributed by atoms with Gasteiger partial charge in [-0.3, -0.25) is 0 Å². The molecule has 0 atom stereocenters. The molecule has 0 unspecified atom stereocenters. The summed E-state index contributed by atoms with van der Waals surface area (Å²) in [4.78, 5) is 2.49. The second-order valence-corrected chi connectivity index (χ2v) is 9.22. The Bertz CT molecular complexity index is 1320. The lowest BCUT2D eigenvalue weighted by Crippen LogP contribution is -2.25. The Morgan fingerprint density at radius 1 is 0.882 bits per heavy atom. The summed E-state index contributed by atoms with van der Waals surface area (Å²) in [5.41, 5.74) is 2.60. The molecule has 0 amide bonds. The van der Waals surface area contributed by atoms with Crippen molar-refractivity contribution in [3.05, 3.63) is 82.1 Å². The molecule has 0 radical (unpaired) electrons. The lowest BCUT2D eigenvalue weighted by atomic mass is 10.1. The molecular weight excluding hydrogens is 434 g/mol. The van der Waals surface area contributed by atoms with Crippen molar-refractivity contribution in [2.45, 2.75) is 39.5 Å². The molecule has 1 heterocycles. The lowest BCUT2D eigenvalue weighted by Gasteiger charge is -2.24. The van der Waals surface area contributed by atoms with Gasteiger partial charge >= 0.3 is 0 Å². The first-order valence-electron chi connectivity index (χ1n) is 11.9.